The lowest BCUT2D eigenvalue weighted by Crippen LogP contribution is -2.43. The fourth-order valence-corrected chi connectivity index (χ4v) is 3.72. The molecule has 2 aliphatic rings. The number of benzene rings is 1. The van der Waals surface area contributed by atoms with Crippen molar-refractivity contribution >= 4 is 23.4 Å². The molecule has 3 rings (SSSR count). The number of carbonyl (C=O) groups excluding carboxylic acids is 2. The zero-order chi connectivity index (χ0) is 18.7. The third-order valence-electron chi connectivity index (χ3n) is 5.04. The third kappa shape index (κ3) is 4.48. The number of amides is 2. The Morgan fingerprint density at radius 2 is 1.88 bits per heavy atom. The standard InChI is InChI=1S/C19H25ClN2O4/c1-13(23)21-9-6-16(7-10-21)26-18-5-4-14(20)11-17(18)19(25)22-8-2-3-15(24)12-22/h4-5,11,15-16,24H,2-3,6-10,12H2,1H3/t15-/m0/s1. The van der Waals surface area contributed by atoms with Gasteiger partial charge in [0.05, 0.1) is 11.7 Å². The van der Waals surface area contributed by atoms with Gasteiger partial charge in [-0.3, -0.25) is 9.59 Å². The normalized spacial score (nSPS) is 21.6. The average molecular weight is 381 g/mol. The van der Waals surface area contributed by atoms with Crippen LogP contribution in [0.2, 0.25) is 5.02 Å². The van der Waals surface area contributed by atoms with E-state index in [0.717, 1.165) is 25.7 Å². The number of β-amino-alcohol motifs (C(OH)–C–C–N with tert-alkyl or cyclic N) is 1. The van der Waals surface area contributed by atoms with Crippen molar-refractivity contribution in [1.82, 2.24) is 9.80 Å². The van der Waals surface area contributed by atoms with E-state index in [1.807, 2.05) is 4.90 Å². The van der Waals surface area contributed by atoms with Crippen LogP contribution in [0.5, 0.6) is 5.75 Å². The summed E-state index contributed by atoms with van der Waals surface area (Å²) in [6, 6.07) is 5.07. The minimum atomic E-state index is -0.479. The van der Waals surface area contributed by atoms with Crippen LogP contribution in [-0.2, 0) is 4.79 Å². The summed E-state index contributed by atoms with van der Waals surface area (Å²) >= 11 is 6.11. The molecule has 2 saturated heterocycles. The zero-order valence-corrected chi connectivity index (χ0v) is 15.7. The van der Waals surface area contributed by atoms with E-state index in [9.17, 15) is 14.7 Å². The molecule has 7 heteroatoms. The number of rotatable bonds is 3. The summed E-state index contributed by atoms with van der Waals surface area (Å²) in [5.74, 6) is 0.428. The molecule has 1 atom stereocenters. The summed E-state index contributed by atoms with van der Waals surface area (Å²) in [5.41, 5.74) is 0.431. The highest BCUT2D eigenvalue weighted by molar-refractivity contribution is 6.31. The van der Waals surface area contributed by atoms with Gasteiger partial charge in [-0.05, 0) is 31.0 Å². The number of nitrogens with zero attached hydrogens (tertiary/aromatic N) is 2. The number of hydrogen-bond donors (Lipinski definition) is 1. The Labute approximate surface area is 158 Å². The van der Waals surface area contributed by atoms with Crippen LogP contribution in [0.25, 0.3) is 0 Å². The van der Waals surface area contributed by atoms with Crippen LogP contribution >= 0.6 is 11.6 Å². The first kappa shape index (κ1) is 19.0. The Balaban J connectivity index is 1.72. The number of piperidine rings is 2. The maximum Gasteiger partial charge on any atom is 0.257 e. The van der Waals surface area contributed by atoms with Crippen LogP contribution in [0.3, 0.4) is 0 Å². The highest BCUT2D eigenvalue weighted by Gasteiger charge is 2.27. The van der Waals surface area contributed by atoms with E-state index in [0.29, 0.717) is 42.5 Å². The van der Waals surface area contributed by atoms with E-state index < -0.39 is 6.10 Å². The number of hydrogen-bond acceptors (Lipinski definition) is 4. The average Bonchev–Trinajstić information content (AvgIpc) is 2.63. The smallest absolute Gasteiger partial charge is 0.257 e. The first-order valence-electron chi connectivity index (χ1n) is 9.13. The summed E-state index contributed by atoms with van der Waals surface area (Å²) in [6.07, 6.45) is 2.46. The first-order chi connectivity index (χ1) is 12.4. The lowest BCUT2D eigenvalue weighted by Gasteiger charge is -2.33. The highest BCUT2D eigenvalue weighted by atomic mass is 35.5. The molecule has 0 aliphatic carbocycles. The van der Waals surface area contributed by atoms with Gasteiger partial charge in [-0.15, -0.1) is 0 Å². The minimum Gasteiger partial charge on any atom is -0.489 e. The van der Waals surface area contributed by atoms with Crippen LogP contribution < -0.4 is 4.74 Å². The second kappa shape index (κ2) is 8.27. The largest absolute Gasteiger partial charge is 0.489 e. The van der Waals surface area contributed by atoms with Gasteiger partial charge in [-0.2, -0.15) is 0 Å². The molecule has 1 aromatic carbocycles. The third-order valence-corrected chi connectivity index (χ3v) is 5.27. The van der Waals surface area contributed by atoms with E-state index in [2.05, 4.69) is 0 Å². The summed E-state index contributed by atoms with van der Waals surface area (Å²) in [6.45, 7) is 3.86. The van der Waals surface area contributed by atoms with E-state index >= 15 is 0 Å². The monoisotopic (exact) mass is 380 g/mol. The number of likely N-dealkylation sites (tertiary alicyclic amines) is 2. The molecule has 1 N–H and O–H groups in total. The molecular weight excluding hydrogens is 356 g/mol. The first-order valence-corrected chi connectivity index (χ1v) is 9.51. The second-order valence-electron chi connectivity index (χ2n) is 7.01. The van der Waals surface area contributed by atoms with Gasteiger partial charge in [-0.25, -0.2) is 0 Å². The summed E-state index contributed by atoms with van der Waals surface area (Å²) < 4.78 is 6.10. The number of aliphatic hydroxyl groups is 1. The van der Waals surface area contributed by atoms with Gasteiger partial charge >= 0.3 is 0 Å². The Kier molecular flexibility index (Phi) is 6.04. The van der Waals surface area contributed by atoms with Gasteiger partial charge in [0, 0.05) is 51.0 Å². The summed E-state index contributed by atoms with van der Waals surface area (Å²) in [7, 11) is 0. The molecule has 0 unspecified atom stereocenters. The van der Waals surface area contributed by atoms with Crippen molar-refractivity contribution in [3.8, 4) is 5.75 Å². The van der Waals surface area contributed by atoms with Gasteiger partial charge in [0.15, 0.2) is 0 Å². The van der Waals surface area contributed by atoms with Crippen LogP contribution in [-0.4, -0.2) is 65.1 Å². The molecule has 0 saturated carbocycles. The number of carbonyl (C=O) groups is 2. The second-order valence-corrected chi connectivity index (χ2v) is 7.45. The quantitative estimate of drug-likeness (QED) is 0.873. The van der Waals surface area contributed by atoms with Gasteiger partial charge < -0.3 is 19.6 Å². The molecule has 0 spiro atoms. The van der Waals surface area contributed by atoms with Crippen LogP contribution in [0.15, 0.2) is 18.2 Å². The minimum absolute atomic E-state index is 0.0368. The van der Waals surface area contributed by atoms with Gasteiger partial charge in [0.25, 0.3) is 5.91 Å². The van der Waals surface area contributed by atoms with Crippen molar-refractivity contribution in [2.45, 2.75) is 44.8 Å². The molecule has 1 aromatic rings. The van der Waals surface area contributed by atoms with Crippen molar-refractivity contribution in [3.05, 3.63) is 28.8 Å². The van der Waals surface area contributed by atoms with E-state index in [1.54, 1.807) is 30.0 Å². The SMILES string of the molecule is CC(=O)N1CCC(Oc2ccc(Cl)cc2C(=O)N2CCC[C@H](O)C2)CC1. The van der Waals surface area contributed by atoms with Crippen molar-refractivity contribution in [2.24, 2.45) is 0 Å². The van der Waals surface area contributed by atoms with Gasteiger partial charge in [0.1, 0.15) is 11.9 Å². The molecule has 2 heterocycles. The Morgan fingerprint density at radius 1 is 1.15 bits per heavy atom. The topological polar surface area (TPSA) is 70.1 Å². The van der Waals surface area contributed by atoms with Crippen molar-refractivity contribution in [3.63, 3.8) is 0 Å². The number of ether oxygens (including phenoxy) is 1. The Morgan fingerprint density at radius 3 is 2.54 bits per heavy atom. The van der Waals surface area contributed by atoms with Gasteiger partial charge in [0.2, 0.25) is 5.91 Å². The van der Waals surface area contributed by atoms with Crippen LogP contribution in [0.1, 0.15) is 43.0 Å². The molecule has 142 valence electrons. The molecular formula is C19H25ClN2O4. The zero-order valence-electron chi connectivity index (χ0n) is 15.0. The number of halogens is 1. The fourth-order valence-electron chi connectivity index (χ4n) is 3.55. The molecule has 0 bridgehead atoms. The number of aliphatic hydroxyl groups excluding tert-OH is 1. The van der Waals surface area contributed by atoms with Crippen LogP contribution in [0, 0.1) is 0 Å². The van der Waals surface area contributed by atoms with Crippen molar-refractivity contribution in [2.75, 3.05) is 26.2 Å². The lowest BCUT2D eigenvalue weighted by atomic mass is 10.1. The van der Waals surface area contributed by atoms with E-state index in [-0.39, 0.29) is 17.9 Å². The highest BCUT2D eigenvalue weighted by Crippen LogP contribution is 2.28. The molecule has 0 radical (unpaired) electrons. The summed E-state index contributed by atoms with van der Waals surface area (Å²) in [5, 5.41) is 10.3. The molecule has 2 amide bonds. The predicted octanol–water partition coefficient (Wildman–Crippen LogP) is 2.33. The lowest BCUT2D eigenvalue weighted by molar-refractivity contribution is -0.130. The summed E-state index contributed by atoms with van der Waals surface area (Å²) in [4.78, 5) is 27.8. The molecule has 2 aliphatic heterocycles. The van der Waals surface area contributed by atoms with E-state index in [1.165, 1.54) is 0 Å². The van der Waals surface area contributed by atoms with Crippen molar-refractivity contribution < 1.29 is 19.4 Å². The maximum atomic E-state index is 12.9. The predicted molar refractivity (Wildman–Crippen MR) is 98.5 cm³/mol. The Bertz CT molecular complexity index is 674. The maximum absolute atomic E-state index is 12.9. The van der Waals surface area contributed by atoms with E-state index in [4.69, 9.17) is 16.3 Å². The van der Waals surface area contributed by atoms with Gasteiger partial charge in [-0.1, -0.05) is 11.6 Å². The van der Waals surface area contributed by atoms with Crippen LogP contribution in [0.4, 0.5) is 0 Å². The molecule has 2 fully saturated rings. The fraction of sp³-hybridized carbons (Fsp3) is 0.579. The van der Waals surface area contributed by atoms with Crippen molar-refractivity contribution in [1.29, 1.82) is 0 Å². The Hall–Kier alpha value is -1.79. The molecule has 6 nitrogen and oxygen atoms in total. The molecule has 0 aromatic heterocycles. The molecule has 26 heavy (non-hydrogen) atoms.